The lowest BCUT2D eigenvalue weighted by Gasteiger charge is -2.45. The summed E-state index contributed by atoms with van der Waals surface area (Å²) in [6.45, 7) is 1.81. The molecule has 1 saturated heterocycles. The normalized spacial score (nSPS) is 38.6. The van der Waals surface area contributed by atoms with E-state index < -0.39 is 48.8 Å². The molecule has 1 amide bonds. The third-order valence-electron chi connectivity index (χ3n) is 3.03. The van der Waals surface area contributed by atoms with Gasteiger partial charge in [-0.1, -0.05) is 0 Å². The minimum atomic E-state index is -1.70. The summed E-state index contributed by atoms with van der Waals surface area (Å²) in [6, 6.07) is -0.992. The van der Waals surface area contributed by atoms with Gasteiger partial charge in [-0.3, -0.25) is 4.79 Å². The molecule has 0 aromatic carbocycles. The van der Waals surface area contributed by atoms with Gasteiger partial charge < -0.3 is 35.6 Å². The smallest absolute Gasteiger partial charge is 0.217 e. The van der Waals surface area contributed by atoms with E-state index in [0.717, 1.165) is 0 Å². The van der Waals surface area contributed by atoms with Crippen molar-refractivity contribution in [3.8, 4) is 0 Å². The highest BCUT2D eigenvalue weighted by Gasteiger charge is 2.47. The molecule has 8 nitrogen and oxygen atoms in total. The minimum absolute atomic E-state index is 0.156. The zero-order chi connectivity index (χ0) is 14.8. The van der Waals surface area contributed by atoms with Gasteiger partial charge in [0.05, 0.1) is 18.8 Å². The molecule has 1 fully saturated rings. The van der Waals surface area contributed by atoms with Crippen LogP contribution in [0.1, 0.15) is 20.3 Å². The molecule has 1 aliphatic heterocycles. The van der Waals surface area contributed by atoms with Gasteiger partial charge >= 0.3 is 0 Å². The molecule has 19 heavy (non-hydrogen) atoms. The van der Waals surface area contributed by atoms with Crippen molar-refractivity contribution in [2.75, 3.05) is 6.61 Å². The Morgan fingerprint density at radius 2 is 2.11 bits per heavy atom. The van der Waals surface area contributed by atoms with Crippen molar-refractivity contribution in [1.29, 1.82) is 0 Å². The number of carbonyl (C=O) groups excluding carboxylic acids is 1. The first-order chi connectivity index (χ1) is 8.68. The van der Waals surface area contributed by atoms with Crippen molar-refractivity contribution >= 4 is 5.91 Å². The molecule has 0 radical (unpaired) electrons. The Balaban J connectivity index is 2.93. The summed E-state index contributed by atoms with van der Waals surface area (Å²) in [6.07, 6.45) is -5.63. The predicted octanol–water partition coefficient (Wildman–Crippen LogP) is -2.94. The van der Waals surface area contributed by atoms with Crippen molar-refractivity contribution in [3.05, 3.63) is 0 Å². The van der Waals surface area contributed by atoms with Gasteiger partial charge in [-0.05, 0) is 6.92 Å². The fraction of sp³-hybridized carbons (Fsp3) is 0.909. The standard InChI is InChI=1S/C11H21NO7/c1-5(14)12-8-6(15)3-11(2,18)19-10(8)9(17)7(16)4-13/h6-10,13,15-18H,3-4H2,1-2H3,(H,12,14)/t6-,7+,8+,9+,10+,11+/m0/s1. The van der Waals surface area contributed by atoms with Crippen LogP contribution in [0.2, 0.25) is 0 Å². The summed E-state index contributed by atoms with van der Waals surface area (Å²) in [4.78, 5) is 11.1. The third-order valence-corrected chi connectivity index (χ3v) is 3.03. The molecular weight excluding hydrogens is 258 g/mol. The molecule has 0 bridgehead atoms. The van der Waals surface area contributed by atoms with E-state index in [1.54, 1.807) is 0 Å². The Hall–Kier alpha value is -0.770. The van der Waals surface area contributed by atoms with Crippen molar-refractivity contribution < 1.29 is 35.1 Å². The van der Waals surface area contributed by atoms with Crippen LogP contribution < -0.4 is 5.32 Å². The quantitative estimate of drug-likeness (QED) is 0.323. The highest BCUT2D eigenvalue weighted by molar-refractivity contribution is 5.73. The van der Waals surface area contributed by atoms with Crippen molar-refractivity contribution in [3.63, 3.8) is 0 Å². The molecule has 0 unspecified atom stereocenters. The Labute approximate surface area is 110 Å². The second kappa shape index (κ2) is 6.12. The van der Waals surface area contributed by atoms with Crippen LogP contribution in [0.4, 0.5) is 0 Å². The first-order valence-electron chi connectivity index (χ1n) is 6.00. The van der Waals surface area contributed by atoms with Gasteiger partial charge in [0.25, 0.3) is 0 Å². The number of hydrogen-bond acceptors (Lipinski definition) is 7. The summed E-state index contributed by atoms with van der Waals surface area (Å²) < 4.78 is 5.20. The third kappa shape index (κ3) is 4.10. The van der Waals surface area contributed by atoms with E-state index in [0.29, 0.717) is 0 Å². The van der Waals surface area contributed by atoms with Gasteiger partial charge in [0.15, 0.2) is 5.79 Å². The zero-order valence-electron chi connectivity index (χ0n) is 10.9. The molecule has 1 aliphatic rings. The molecule has 1 rings (SSSR count). The SMILES string of the molecule is CC(=O)N[C@H]1[C@H]([C@H](O)[C@H](O)CO)O[C@@](C)(O)C[C@@H]1O. The molecule has 0 saturated carbocycles. The highest BCUT2D eigenvalue weighted by atomic mass is 16.6. The van der Waals surface area contributed by atoms with Gasteiger partial charge in [0.2, 0.25) is 5.91 Å². The van der Waals surface area contributed by atoms with Crippen LogP contribution in [0.25, 0.3) is 0 Å². The Morgan fingerprint density at radius 1 is 1.53 bits per heavy atom. The summed E-state index contributed by atoms with van der Waals surface area (Å²) in [5.41, 5.74) is 0. The monoisotopic (exact) mass is 279 g/mol. The van der Waals surface area contributed by atoms with E-state index in [9.17, 15) is 25.2 Å². The molecule has 0 aromatic rings. The Morgan fingerprint density at radius 3 is 2.58 bits per heavy atom. The number of hydrogen-bond donors (Lipinski definition) is 6. The van der Waals surface area contributed by atoms with E-state index in [1.165, 1.54) is 13.8 Å². The van der Waals surface area contributed by atoms with Crippen LogP contribution in [-0.4, -0.2) is 74.3 Å². The number of aliphatic hydroxyl groups excluding tert-OH is 4. The maximum absolute atomic E-state index is 11.1. The summed E-state index contributed by atoms with van der Waals surface area (Å²) in [5, 5.41) is 50.3. The Bertz CT molecular complexity index is 322. The number of aliphatic hydroxyl groups is 5. The number of rotatable bonds is 4. The lowest BCUT2D eigenvalue weighted by Crippen LogP contribution is -2.65. The maximum atomic E-state index is 11.1. The van der Waals surface area contributed by atoms with Crippen molar-refractivity contribution in [2.24, 2.45) is 0 Å². The molecule has 1 heterocycles. The summed E-state index contributed by atoms with van der Waals surface area (Å²) in [5.74, 6) is -2.15. The van der Waals surface area contributed by atoms with E-state index in [2.05, 4.69) is 5.32 Å². The second-order valence-electron chi connectivity index (χ2n) is 5.00. The van der Waals surface area contributed by atoms with Gasteiger partial charge in [-0.15, -0.1) is 0 Å². The highest BCUT2D eigenvalue weighted by Crippen LogP contribution is 2.29. The molecule has 8 heteroatoms. The molecular formula is C11H21NO7. The zero-order valence-corrected chi connectivity index (χ0v) is 10.9. The lowest BCUT2D eigenvalue weighted by molar-refractivity contribution is -0.292. The van der Waals surface area contributed by atoms with Crippen LogP contribution >= 0.6 is 0 Å². The maximum Gasteiger partial charge on any atom is 0.217 e. The summed E-state index contributed by atoms with van der Waals surface area (Å²) in [7, 11) is 0. The first kappa shape index (κ1) is 16.3. The second-order valence-corrected chi connectivity index (χ2v) is 5.00. The summed E-state index contributed by atoms with van der Waals surface area (Å²) >= 11 is 0. The van der Waals surface area contributed by atoms with Gasteiger partial charge in [-0.25, -0.2) is 0 Å². The van der Waals surface area contributed by atoms with E-state index in [-0.39, 0.29) is 6.42 Å². The Kier molecular flexibility index (Phi) is 5.25. The number of ether oxygens (including phenoxy) is 1. The van der Waals surface area contributed by atoms with Crippen LogP contribution in [0.3, 0.4) is 0 Å². The minimum Gasteiger partial charge on any atom is -0.394 e. The van der Waals surface area contributed by atoms with E-state index >= 15 is 0 Å². The molecule has 112 valence electrons. The van der Waals surface area contributed by atoms with Crippen LogP contribution in [0.5, 0.6) is 0 Å². The largest absolute Gasteiger partial charge is 0.394 e. The van der Waals surface area contributed by atoms with Crippen LogP contribution in [0, 0.1) is 0 Å². The van der Waals surface area contributed by atoms with Crippen LogP contribution in [0.15, 0.2) is 0 Å². The van der Waals surface area contributed by atoms with Crippen molar-refractivity contribution in [1.82, 2.24) is 5.32 Å². The van der Waals surface area contributed by atoms with Crippen molar-refractivity contribution in [2.45, 2.75) is 56.5 Å². The van der Waals surface area contributed by atoms with Gasteiger partial charge in [-0.2, -0.15) is 0 Å². The van der Waals surface area contributed by atoms with Gasteiger partial charge in [0, 0.05) is 13.3 Å². The van der Waals surface area contributed by atoms with E-state index in [4.69, 9.17) is 9.84 Å². The first-order valence-corrected chi connectivity index (χ1v) is 6.00. The molecule has 0 spiro atoms. The molecule has 0 aliphatic carbocycles. The molecule has 6 atom stereocenters. The average Bonchev–Trinajstić information content (AvgIpc) is 2.29. The molecule has 0 aromatic heterocycles. The fourth-order valence-electron chi connectivity index (χ4n) is 2.17. The number of carbonyl (C=O) groups is 1. The number of amides is 1. The van der Waals surface area contributed by atoms with E-state index in [1.807, 2.05) is 0 Å². The molecule has 6 N–H and O–H groups in total. The average molecular weight is 279 g/mol. The predicted molar refractivity (Wildman–Crippen MR) is 62.8 cm³/mol. The lowest BCUT2D eigenvalue weighted by atomic mass is 9.89. The van der Waals surface area contributed by atoms with Crippen LogP contribution in [-0.2, 0) is 9.53 Å². The topological polar surface area (TPSA) is 139 Å². The van der Waals surface area contributed by atoms with Gasteiger partial charge in [0.1, 0.15) is 18.3 Å². The number of nitrogens with one attached hydrogen (secondary N) is 1. The fourth-order valence-corrected chi connectivity index (χ4v) is 2.17.